The van der Waals surface area contributed by atoms with Gasteiger partial charge in [-0.25, -0.2) is 0 Å². The van der Waals surface area contributed by atoms with E-state index in [0.29, 0.717) is 12.0 Å². The van der Waals surface area contributed by atoms with Crippen molar-refractivity contribution in [2.75, 3.05) is 26.9 Å². The van der Waals surface area contributed by atoms with E-state index >= 15 is 0 Å². The second-order valence-electron chi connectivity index (χ2n) is 4.09. The van der Waals surface area contributed by atoms with E-state index < -0.39 is 0 Å². The van der Waals surface area contributed by atoms with Gasteiger partial charge < -0.3 is 14.8 Å². The monoisotopic (exact) mass is 199 g/mol. The van der Waals surface area contributed by atoms with Crippen LogP contribution in [-0.2, 0) is 14.3 Å². The number of rotatable bonds is 1. The highest BCUT2D eigenvalue weighted by Crippen LogP contribution is 2.26. The summed E-state index contributed by atoms with van der Waals surface area (Å²) in [4.78, 5) is 11.3. The highest BCUT2D eigenvalue weighted by molar-refractivity contribution is 5.72. The van der Waals surface area contributed by atoms with E-state index in [1.165, 1.54) is 7.11 Å². The van der Waals surface area contributed by atoms with Crippen LogP contribution in [0.15, 0.2) is 0 Å². The van der Waals surface area contributed by atoms with Gasteiger partial charge in [-0.15, -0.1) is 0 Å². The largest absolute Gasteiger partial charge is 0.469 e. The molecule has 14 heavy (non-hydrogen) atoms. The Labute approximate surface area is 84.0 Å². The first-order valence-corrected chi connectivity index (χ1v) is 5.20. The second kappa shape index (κ2) is 4.28. The molecule has 0 aromatic rings. The van der Waals surface area contributed by atoms with Crippen molar-refractivity contribution in [2.24, 2.45) is 11.8 Å². The Morgan fingerprint density at radius 2 is 2.43 bits per heavy atom. The van der Waals surface area contributed by atoms with Gasteiger partial charge >= 0.3 is 5.97 Å². The van der Waals surface area contributed by atoms with Gasteiger partial charge in [0, 0.05) is 19.2 Å². The van der Waals surface area contributed by atoms with Crippen LogP contribution >= 0.6 is 0 Å². The van der Waals surface area contributed by atoms with Gasteiger partial charge in [0.15, 0.2) is 0 Å². The van der Waals surface area contributed by atoms with Crippen LogP contribution in [0.1, 0.15) is 12.8 Å². The Morgan fingerprint density at radius 1 is 1.57 bits per heavy atom. The highest BCUT2D eigenvalue weighted by atomic mass is 16.5. The lowest BCUT2D eigenvalue weighted by atomic mass is 9.83. The predicted octanol–water partition coefficient (Wildman–Crippen LogP) is 0.174. The van der Waals surface area contributed by atoms with Gasteiger partial charge in [0.2, 0.25) is 0 Å². The fourth-order valence-corrected chi connectivity index (χ4v) is 2.39. The third-order valence-electron chi connectivity index (χ3n) is 3.22. The summed E-state index contributed by atoms with van der Waals surface area (Å²) >= 11 is 0. The minimum absolute atomic E-state index is 0.0166. The molecule has 1 N–H and O–H groups in total. The molecule has 2 rings (SSSR count). The Bertz CT molecular complexity index is 219. The van der Waals surface area contributed by atoms with Crippen LogP contribution in [0, 0.1) is 11.8 Å². The van der Waals surface area contributed by atoms with Crippen molar-refractivity contribution < 1.29 is 14.3 Å². The first kappa shape index (κ1) is 9.93. The molecule has 2 aliphatic rings. The van der Waals surface area contributed by atoms with Gasteiger partial charge in [-0.1, -0.05) is 0 Å². The molecule has 0 saturated carbocycles. The Kier molecular flexibility index (Phi) is 3.03. The van der Waals surface area contributed by atoms with E-state index in [2.05, 4.69) is 5.32 Å². The van der Waals surface area contributed by atoms with Gasteiger partial charge in [0.1, 0.15) is 0 Å². The number of fused-ring (bicyclic) bond motifs is 1. The molecular formula is C10H17NO3. The van der Waals surface area contributed by atoms with E-state index in [4.69, 9.17) is 9.47 Å². The third-order valence-corrected chi connectivity index (χ3v) is 3.22. The highest BCUT2D eigenvalue weighted by Gasteiger charge is 2.35. The molecule has 0 aromatic carbocycles. The summed E-state index contributed by atoms with van der Waals surface area (Å²) in [6.45, 7) is 2.38. The molecule has 0 spiro atoms. The van der Waals surface area contributed by atoms with Gasteiger partial charge in [-0.2, -0.15) is 0 Å². The molecule has 0 aliphatic carbocycles. The molecule has 2 aliphatic heterocycles. The Hall–Kier alpha value is -0.610. The van der Waals surface area contributed by atoms with E-state index in [1.54, 1.807) is 0 Å². The maximum atomic E-state index is 11.3. The molecule has 0 amide bonds. The summed E-state index contributed by atoms with van der Waals surface area (Å²) in [7, 11) is 1.45. The lowest BCUT2D eigenvalue weighted by molar-refractivity contribution is -0.147. The topological polar surface area (TPSA) is 47.6 Å². The summed E-state index contributed by atoms with van der Waals surface area (Å²) in [6, 6.07) is 0.546. The number of methoxy groups -OCH3 is 1. The molecule has 2 fully saturated rings. The quantitative estimate of drug-likeness (QED) is 0.612. The molecule has 0 bridgehead atoms. The van der Waals surface area contributed by atoms with Crippen molar-refractivity contribution in [3.63, 3.8) is 0 Å². The average molecular weight is 199 g/mol. The maximum absolute atomic E-state index is 11.3. The normalized spacial score (nSPS) is 37.4. The molecule has 0 unspecified atom stereocenters. The number of ether oxygens (including phenoxy) is 2. The van der Waals surface area contributed by atoms with Gasteiger partial charge in [0.05, 0.1) is 19.6 Å². The summed E-state index contributed by atoms with van der Waals surface area (Å²) < 4.78 is 10.2. The first-order chi connectivity index (χ1) is 6.81. The molecular weight excluding hydrogens is 182 g/mol. The molecule has 80 valence electrons. The number of hydrogen-bond acceptors (Lipinski definition) is 4. The van der Waals surface area contributed by atoms with Crippen LogP contribution in [0.3, 0.4) is 0 Å². The Balaban J connectivity index is 1.92. The van der Waals surface area contributed by atoms with Crippen molar-refractivity contribution in [1.82, 2.24) is 5.32 Å². The minimum Gasteiger partial charge on any atom is -0.469 e. The number of nitrogens with one attached hydrogen (secondary N) is 1. The molecule has 0 aromatic heterocycles. The number of carbonyl (C=O) groups excluding carboxylic acids is 1. The summed E-state index contributed by atoms with van der Waals surface area (Å²) in [6.07, 6.45) is 1.98. The minimum atomic E-state index is -0.0958. The SMILES string of the molecule is COC(=O)[C@H]1CN[C@H]2CCOC[C@H]2C1. The predicted molar refractivity (Wildman–Crippen MR) is 50.8 cm³/mol. The lowest BCUT2D eigenvalue weighted by Gasteiger charge is -2.38. The second-order valence-corrected chi connectivity index (χ2v) is 4.09. The maximum Gasteiger partial charge on any atom is 0.309 e. The standard InChI is InChI=1S/C10H17NO3/c1-13-10(12)7-4-8-6-14-3-2-9(8)11-5-7/h7-9,11H,2-6H2,1H3/t7-,8-,9+/m1/s1. The van der Waals surface area contributed by atoms with Crippen molar-refractivity contribution in [1.29, 1.82) is 0 Å². The van der Waals surface area contributed by atoms with Crippen molar-refractivity contribution in [2.45, 2.75) is 18.9 Å². The number of hydrogen-bond donors (Lipinski definition) is 1. The zero-order chi connectivity index (χ0) is 9.97. The fourth-order valence-electron chi connectivity index (χ4n) is 2.39. The van der Waals surface area contributed by atoms with Crippen molar-refractivity contribution in [3.8, 4) is 0 Å². The van der Waals surface area contributed by atoms with Crippen molar-refractivity contribution >= 4 is 5.97 Å². The molecule has 2 heterocycles. The zero-order valence-electron chi connectivity index (χ0n) is 8.49. The van der Waals surface area contributed by atoms with Crippen LogP contribution in [-0.4, -0.2) is 38.9 Å². The van der Waals surface area contributed by atoms with E-state index in [0.717, 1.165) is 32.6 Å². The van der Waals surface area contributed by atoms with Crippen LogP contribution in [0.4, 0.5) is 0 Å². The Morgan fingerprint density at radius 3 is 3.21 bits per heavy atom. The molecule has 4 heteroatoms. The van der Waals surface area contributed by atoms with Crippen LogP contribution in [0.2, 0.25) is 0 Å². The number of piperidine rings is 1. The van der Waals surface area contributed by atoms with Crippen LogP contribution in [0.25, 0.3) is 0 Å². The van der Waals surface area contributed by atoms with E-state index in [-0.39, 0.29) is 11.9 Å². The average Bonchev–Trinajstić information content (AvgIpc) is 2.27. The van der Waals surface area contributed by atoms with Gasteiger partial charge in [-0.3, -0.25) is 4.79 Å². The molecule has 0 radical (unpaired) electrons. The van der Waals surface area contributed by atoms with E-state index in [9.17, 15) is 4.79 Å². The summed E-state index contributed by atoms with van der Waals surface area (Å²) in [5.74, 6) is 0.408. The molecule has 3 atom stereocenters. The van der Waals surface area contributed by atoms with Gasteiger partial charge in [-0.05, 0) is 18.8 Å². The zero-order valence-corrected chi connectivity index (χ0v) is 8.49. The van der Waals surface area contributed by atoms with Crippen molar-refractivity contribution in [3.05, 3.63) is 0 Å². The number of carbonyl (C=O) groups is 1. The smallest absolute Gasteiger partial charge is 0.309 e. The first-order valence-electron chi connectivity index (χ1n) is 5.20. The molecule has 4 nitrogen and oxygen atoms in total. The van der Waals surface area contributed by atoms with Gasteiger partial charge in [0.25, 0.3) is 0 Å². The van der Waals surface area contributed by atoms with E-state index in [1.807, 2.05) is 0 Å². The molecule has 2 saturated heterocycles. The summed E-state index contributed by atoms with van der Waals surface area (Å²) in [5, 5.41) is 3.41. The van der Waals surface area contributed by atoms with Crippen LogP contribution < -0.4 is 5.32 Å². The fraction of sp³-hybridized carbons (Fsp3) is 0.900. The lowest BCUT2D eigenvalue weighted by Crippen LogP contribution is -2.51. The summed E-state index contributed by atoms with van der Waals surface area (Å²) in [5.41, 5.74) is 0. The van der Waals surface area contributed by atoms with Crippen LogP contribution in [0.5, 0.6) is 0 Å². The number of esters is 1. The third kappa shape index (κ3) is 1.91.